The third kappa shape index (κ3) is 2.21. The van der Waals surface area contributed by atoms with Crippen LogP contribution in [-0.2, 0) is 0 Å². The summed E-state index contributed by atoms with van der Waals surface area (Å²) < 4.78 is 5.37. The van der Waals surface area contributed by atoms with Crippen LogP contribution in [-0.4, -0.2) is 17.5 Å². The van der Waals surface area contributed by atoms with Crippen molar-refractivity contribution in [3.63, 3.8) is 0 Å². The van der Waals surface area contributed by atoms with Crippen LogP contribution in [0.3, 0.4) is 0 Å². The molecule has 0 atom stereocenters. The summed E-state index contributed by atoms with van der Waals surface area (Å²) in [5, 5.41) is 1.28. The molecule has 0 bridgehead atoms. The van der Waals surface area contributed by atoms with Gasteiger partial charge in [-0.3, -0.25) is 9.78 Å². The van der Waals surface area contributed by atoms with Gasteiger partial charge >= 0.3 is 0 Å². The minimum absolute atomic E-state index is 0.175. The molecule has 0 aliphatic carbocycles. The van der Waals surface area contributed by atoms with E-state index in [9.17, 15) is 4.79 Å². The summed E-state index contributed by atoms with van der Waals surface area (Å²) in [5.41, 5.74) is 5.97. The second-order valence-corrected chi connectivity index (χ2v) is 4.37. The van der Waals surface area contributed by atoms with Gasteiger partial charge in [-0.2, -0.15) is 0 Å². The van der Waals surface area contributed by atoms with E-state index in [1.165, 1.54) is 6.20 Å². The zero-order valence-electron chi connectivity index (χ0n) is 9.54. The standard InChI is InChI=1S/C12H10Cl2N2O2/c1-2-18-10-3-6-9(4-8(10)13)16-5-7(11(6)14)12(15)17/h3-5H,2H2,1H3,(H2,15,17). The molecule has 0 radical (unpaired) electrons. The summed E-state index contributed by atoms with van der Waals surface area (Å²) in [6, 6.07) is 3.29. The number of rotatable bonds is 3. The molecular formula is C12H10Cl2N2O2. The Bertz CT molecular complexity index is 629. The molecule has 1 aromatic heterocycles. The molecule has 0 unspecified atom stereocenters. The molecular weight excluding hydrogens is 275 g/mol. The van der Waals surface area contributed by atoms with Crippen LogP contribution in [0.1, 0.15) is 17.3 Å². The minimum Gasteiger partial charge on any atom is -0.492 e. The summed E-state index contributed by atoms with van der Waals surface area (Å²) in [6.45, 7) is 2.33. The summed E-state index contributed by atoms with van der Waals surface area (Å²) in [4.78, 5) is 15.3. The van der Waals surface area contributed by atoms with Gasteiger partial charge in [0, 0.05) is 11.6 Å². The van der Waals surface area contributed by atoms with E-state index in [4.69, 9.17) is 33.7 Å². The highest BCUT2D eigenvalue weighted by atomic mass is 35.5. The third-order valence-corrected chi connectivity index (χ3v) is 3.12. The number of nitrogens with zero attached hydrogens (tertiary/aromatic N) is 1. The van der Waals surface area contributed by atoms with Gasteiger partial charge in [0.2, 0.25) is 0 Å². The smallest absolute Gasteiger partial charge is 0.251 e. The van der Waals surface area contributed by atoms with Crippen molar-refractivity contribution in [3.05, 3.63) is 33.9 Å². The first-order valence-corrected chi connectivity index (χ1v) is 6.00. The second-order valence-electron chi connectivity index (χ2n) is 3.58. The number of pyridine rings is 1. The van der Waals surface area contributed by atoms with Crippen LogP contribution in [0.5, 0.6) is 5.75 Å². The van der Waals surface area contributed by atoms with Gasteiger partial charge in [0.15, 0.2) is 0 Å². The lowest BCUT2D eigenvalue weighted by Crippen LogP contribution is -2.12. The van der Waals surface area contributed by atoms with Gasteiger partial charge in [-0.25, -0.2) is 0 Å². The normalized spacial score (nSPS) is 10.6. The molecule has 94 valence electrons. The number of hydrogen-bond acceptors (Lipinski definition) is 3. The van der Waals surface area contributed by atoms with Crippen LogP contribution in [0.15, 0.2) is 18.3 Å². The Labute approximate surface area is 114 Å². The number of hydrogen-bond donors (Lipinski definition) is 1. The Hall–Kier alpha value is -1.52. The fourth-order valence-corrected chi connectivity index (χ4v) is 2.11. The number of amides is 1. The second kappa shape index (κ2) is 5.00. The summed E-state index contributed by atoms with van der Waals surface area (Å²) >= 11 is 12.2. The number of nitrogens with two attached hydrogens (primary N) is 1. The molecule has 0 saturated heterocycles. The van der Waals surface area contributed by atoms with E-state index >= 15 is 0 Å². The van der Waals surface area contributed by atoms with Gasteiger partial charge in [-0.1, -0.05) is 23.2 Å². The van der Waals surface area contributed by atoms with Gasteiger partial charge in [-0.15, -0.1) is 0 Å². The maximum absolute atomic E-state index is 11.2. The maximum Gasteiger partial charge on any atom is 0.251 e. The van der Waals surface area contributed by atoms with E-state index < -0.39 is 5.91 Å². The Morgan fingerprint density at radius 3 is 2.78 bits per heavy atom. The highest BCUT2D eigenvalue weighted by molar-refractivity contribution is 6.39. The van der Waals surface area contributed by atoms with Crippen molar-refractivity contribution in [1.82, 2.24) is 4.98 Å². The van der Waals surface area contributed by atoms with E-state index in [2.05, 4.69) is 4.98 Å². The van der Waals surface area contributed by atoms with Crippen molar-refractivity contribution < 1.29 is 9.53 Å². The van der Waals surface area contributed by atoms with Gasteiger partial charge in [0.05, 0.1) is 27.7 Å². The van der Waals surface area contributed by atoms with Crippen LogP contribution >= 0.6 is 23.2 Å². The number of primary amides is 1. The fraction of sp³-hybridized carbons (Fsp3) is 0.167. The first-order valence-electron chi connectivity index (χ1n) is 5.25. The number of ether oxygens (including phenoxy) is 1. The average molecular weight is 285 g/mol. The third-order valence-electron chi connectivity index (χ3n) is 2.42. The van der Waals surface area contributed by atoms with Crippen molar-refractivity contribution in [2.75, 3.05) is 6.61 Å². The number of carbonyl (C=O) groups excluding carboxylic acids is 1. The van der Waals surface area contributed by atoms with E-state index in [0.717, 1.165) is 0 Å². The van der Waals surface area contributed by atoms with Crippen LogP contribution < -0.4 is 10.5 Å². The lowest BCUT2D eigenvalue weighted by molar-refractivity contribution is 0.100. The monoisotopic (exact) mass is 284 g/mol. The molecule has 2 rings (SSSR count). The van der Waals surface area contributed by atoms with E-state index in [-0.39, 0.29) is 10.6 Å². The summed E-state index contributed by atoms with van der Waals surface area (Å²) in [6.07, 6.45) is 1.34. The molecule has 4 nitrogen and oxygen atoms in total. The number of aromatic nitrogens is 1. The number of halogens is 2. The van der Waals surface area contributed by atoms with Gasteiger partial charge in [0.1, 0.15) is 5.75 Å². The molecule has 0 aliphatic heterocycles. The van der Waals surface area contributed by atoms with E-state index in [1.807, 2.05) is 6.92 Å². The van der Waals surface area contributed by atoms with Crippen LogP contribution in [0.2, 0.25) is 10.0 Å². The van der Waals surface area contributed by atoms with Crippen LogP contribution in [0.4, 0.5) is 0 Å². The molecule has 2 aromatic rings. The lowest BCUT2D eigenvalue weighted by atomic mass is 10.1. The first-order chi connectivity index (χ1) is 8.54. The number of benzene rings is 1. The number of fused-ring (bicyclic) bond motifs is 1. The molecule has 1 amide bonds. The fourth-order valence-electron chi connectivity index (χ4n) is 1.60. The van der Waals surface area contributed by atoms with Gasteiger partial charge < -0.3 is 10.5 Å². The molecule has 2 N–H and O–H groups in total. The first kappa shape index (κ1) is 12.9. The predicted molar refractivity (Wildman–Crippen MR) is 71.4 cm³/mol. The summed E-state index contributed by atoms with van der Waals surface area (Å²) in [5.74, 6) is -0.126. The SMILES string of the molecule is CCOc1cc2c(Cl)c(C(N)=O)cnc2cc1Cl. The van der Waals surface area contributed by atoms with Crippen LogP contribution in [0.25, 0.3) is 10.9 Å². The van der Waals surface area contributed by atoms with Crippen molar-refractivity contribution >= 4 is 40.0 Å². The van der Waals surface area contributed by atoms with Crippen molar-refractivity contribution in [2.24, 2.45) is 5.73 Å². The number of carbonyl (C=O) groups is 1. The molecule has 1 aromatic carbocycles. The predicted octanol–water partition coefficient (Wildman–Crippen LogP) is 3.04. The zero-order valence-corrected chi connectivity index (χ0v) is 11.0. The molecule has 18 heavy (non-hydrogen) atoms. The molecule has 0 spiro atoms. The molecule has 0 fully saturated rings. The average Bonchev–Trinajstić information content (AvgIpc) is 2.31. The van der Waals surface area contributed by atoms with Crippen molar-refractivity contribution in [3.8, 4) is 5.75 Å². The van der Waals surface area contributed by atoms with Crippen LogP contribution in [0, 0.1) is 0 Å². The molecule has 1 heterocycles. The van der Waals surface area contributed by atoms with E-state index in [0.29, 0.717) is 28.3 Å². The Morgan fingerprint density at radius 2 is 2.17 bits per heavy atom. The Morgan fingerprint density at radius 1 is 1.44 bits per heavy atom. The zero-order chi connectivity index (χ0) is 13.3. The minimum atomic E-state index is -0.623. The quantitative estimate of drug-likeness (QED) is 0.942. The van der Waals surface area contributed by atoms with Crippen molar-refractivity contribution in [1.29, 1.82) is 0 Å². The highest BCUT2D eigenvalue weighted by Gasteiger charge is 2.13. The summed E-state index contributed by atoms with van der Waals surface area (Å²) in [7, 11) is 0. The molecule has 0 aliphatic rings. The maximum atomic E-state index is 11.2. The van der Waals surface area contributed by atoms with E-state index in [1.54, 1.807) is 12.1 Å². The topological polar surface area (TPSA) is 65.2 Å². The van der Waals surface area contributed by atoms with Crippen molar-refractivity contribution in [2.45, 2.75) is 6.92 Å². The van der Waals surface area contributed by atoms with Gasteiger partial charge in [-0.05, 0) is 19.1 Å². The molecule has 0 saturated carbocycles. The Kier molecular flexibility index (Phi) is 3.59. The van der Waals surface area contributed by atoms with Gasteiger partial charge in [0.25, 0.3) is 5.91 Å². The Balaban J connectivity index is 2.71. The largest absolute Gasteiger partial charge is 0.492 e. The molecule has 6 heteroatoms. The highest BCUT2D eigenvalue weighted by Crippen LogP contribution is 2.34. The lowest BCUT2D eigenvalue weighted by Gasteiger charge is -2.09.